The van der Waals surface area contributed by atoms with Crippen molar-refractivity contribution in [3.8, 4) is 17.0 Å². The van der Waals surface area contributed by atoms with Gasteiger partial charge in [-0.2, -0.15) is 20.2 Å². The molecule has 0 saturated heterocycles. The number of hydrogen-bond donors (Lipinski definition) is 3. The average Bonchev–Trinajstić information content (AvgIpc) is 3.23. The molecule has 164 valence electrons. The molecule has 1 aliphatic rings. The van der Waals surface area contributed by atoms with E-state index in [-0.39, 0.29) is 18.0 Å². The van der Waals surface area contributed by atoms with Gasteiger partial charge in [0.05, 0.1) is 24.2 Å². The van der Waals surface area contributed by atoms with Gasteiger partial charge in [0, 0.05) is 36.2 Å². The molecule has 0 aliphatic heterocycles. The summed E-state index contributed by atoms with van der Waals surface area (Å²) in [6, 6.07) is 8.50. The fourth-order valence-corrected chi connectivity index (χ4v) is 4.45. The number of rotatable bonds is 5. The summed E-state index contributed by atoms with van der Waals surface area (Å²) in [5, 5.41) is 16.4. The Bertz CT molecular complexity index is 1280. The maximum absolute atomic E-state index is 11.3. The van der Waals surface area contributed by atoms with Gasteiger partial charge in [0.1, 0.15) is 5.65 Å². The van der Waals surface area contributed by atoms with Crippen molar-refractivity contribution in [2.75, 3.05) is 12.4 Å². The molecule has 0 atom stereocenters. The summed E-state index contributed by atoms with van der Waals surface area (Å²) in [6.07, 6.45) is 7.40. The van der Waals surface area contributed by atoms with Gasteiger partial charge in [-0.15, -0.1) is 0 Å². The number of fused-ring (bicyclic) bond motifs is 2. The van der Waals surface area contributed by atoms with Gasteiger partial charge in [-0.3, -0.25) is 4.79 Å². The van der Waals surface area contributed by atoms with E-state index in [1.807, 2.05) is 24.4 Å². The number of anilines is 1. The van der Waals surface area contributed by atoms with E-state index < -0.39 is 0 Å². The highest BCUT2D eigenvalue weighted by atomic mass is 16.5. The Hall–Kier alpha value is -3.75. The molecule has 9 heteroatoms. The minimum atomic E-state index is 0.0295. The molecule has 9 nitrogen and oxygen atoms in total. The van der Waals surface area contributed by atoms with Crippen molar-refractivity contribution in [1.29, 1.82) is 0 Å². The summed E-state index contributed by atoms with van der Waals surface area (Å²) >= 11 is 0. The third kappa shape index (κ3) is 3.93. The molecule has 4 aromatic rings. The van der Waals surface area contributed by atoms with Crippen LogP contribution in [-0.2, 0) is 4.79 Å². The first-order chi connectivity index (χ1) is 15.6. The van der Waals surface area contributed by atoms with Crippen LogP contribution in [-0.4, -0.2) is 50.2 Å². The van der Waals surface area contributed by atoms with E-state index in [9.17, 15) is 4.79 Å². The number of nitrogens with one attached hydrogen (secondary N) is 3. The highest BCUT2D eigenvalue weighted by molar-refractivity contribution is 5.99. The number of ether oxygens (including phenoxy) is 1. The molecule has 1 fully saturated rings. The molecular weight excluding hydrogens is 406 g/mol. The van der Waals surface area contributed by atoms with Crippen LogP contribution < -0.4 is 15.4 Å². The first kappa shape index (κ1) is 20.2. The number of hydrogen-bond acceptors (Lipinski definition) is 7. The first-order valence-corrected chi connectivity index (χ1v) is 10.8. The predicted octanol–water partition coefficient (Wildman–Crippen LogP) is 3.44. The Morgan fingerprint density at radius 1 is 1.12 bits per heavy atom. The lowest BCUT2D eigenvalue weighted by atomic mass is 9.91. The van der Waals surface area contributed by atoms with Crippen molar-refractivity contribution in [3.05, 3.63) is 36.7 Å². The highest BCUT2D eigenvalue weighted by Crippen LogP contribution is 2.35. The van der Waals surface area contributed by atoms with Crippen LogP contribution in [0.15, 0.2) is 36.7 Å². The van der Waals surface area contributed by atoms with Gasteiger partial charge >= 0.3 is 0 Å². The minimum Gasteiger partial charge on any atom is -0.480 e. The summed E-state index contributed by atoms with van der Waals surface area (Å²) in [5.74, 6) is 1.09. The van der Waals surface area contributed by atoms with Gasteiger partial charge < -0.3 is 20.4 Å². The first-order valence-electron chi connectivity index (χ1n) is 10.8. The van der Waals surface area contributed by atoms with Crippen LogP contribution in [0.1, 0.15) is 32.6 Å². The number of aromatic amines is 1. The van der Waals surface area contributed by atoms with Gasteiger partial charge in [-0.25, -0.2) is 0 Å². The number of carbonyl (C=O) groups is 1. The van der Waals surface area contributed by atoms with E-state index in [2.05, 4.69) is 36.9 Å². The summed E-state index contributed by atoms with van der Waals surface area (Å²) in [4.78, 5) is 23.9. The highest BCUT2D eigenvalue weighted by Gasteiger charge is 2.23. The van der Waals surface area contributed by atoms with Gasteiger partial charge in [-0.1, -0.05) is 6.07 Å². The molecule has 0 bridgehead atoms. The van der Waals surface area contributed by atoms with Gasteiger partial charge in [0.2, 0.25) is 17.7 Å². The summed E-state index contributed by atoms with van der Waals surface area (Å²) in [7, 11) is 1.62. The molecule has 32 heavy (non-hydrogen) atoms. The fourth-order valence-electron chi connectivity index (χ4n) is 4.45. The second-order valence-electron chi connectivity index (χ2n) is 8.18. The number of aromatic nitrogens is 5. The molecule has 1 saturated carbocycles. The van der Waals surface area contributed by atoms with Crippen molar-refractivity contribution in [2.45, 2.75) is 44.7 Å². The van der Waals surface area contributed by atoms with Crippen molar-refractivity contribution in [1.82, 2.24) is 30.5 Å². The summed E-state index contributed by atoms with van der Waals surface area (Å²) in [5.41, 5.74) is 3.56. The molecule has 0 unspecified atom stereocenters. The zero-order valence-electron chi connectivity index (χ0n) is 18.1. The van der Waals surface area contributed by atoms with E-state index in [1.54, 1.807) is 20.2 Å². The third-order valence-corrected chi connectivity index (χ3v) is 5.98. The number of amides is 1. The molecule has 0 radical (unpaired) electrons. The lowest BCUT2D eigenvalue weighted by Gasteiger charge is -2.29. The second-order valence-corrected chi connectivity index (χ2v) is 8.18. The molecule has 3 N–H and O–H groups in total. The number of H-pyrrole nitrogens is 1. The van der Waals surface area contributed by atoms with Crippen LogP contribution in [0.3, 0.4) is 0 Å². The number of nitrogens with zero attached hydrogens (tertiary/aromatic N) is 4. The molecule has 5 rings (SSSR count). The number of methoxy groups -OCH3 is 1. The summed E-state index contributed by atoms with van der Waals surface area (Å²) in [6.45, 7) is 1.57. The lowest BCUT2D eigenvalue weighted by molar-refractivity contribution is -0.119. The Labute approximate surface area is 185 Å². The van der Waals surface area contributed by atoms with E-state index in [0.29, 0.717) is 17.5 Å². The van der Waals surface area contributed by atoms with E-state index >= 15 is 0 Å². The van der Waals surface area contributed by atoms with Crippen LogP contribution >= 0.6 is 0 Å². The molecule has 3 heterocycles. The van der Waals surface area contributed by atoms with Gasteiger partial charge in [-0.05, 0) is 49.4 Å². The SMILES string of the molecule is COc1nc(N[C@H]2CC[C@@H](NC(C)=O)CC2)nc2[nH]cc(-c3ccc4nnccc4c3)c12. The summed E-state index contributed by atoms with van der Waals surface area (Å²) < 4.78 is 5.65. The van der Waals surface area contributed by atoms with Crippen LogP contribution in [0.25, 0.3) is 33.1 Å². The van der Waals surface area contributed by atoms with E-state index in [4.69, 9.17) is 9.72 Å². The quantitative estimate of drug-likeness (QED) is 0.443. The van der Waals surface area contributed by atoms with E-state index in [1.165, 1.54) is 0 Å². The topological polar surface area (TPSA) is 118 Å². The average molecular weight is 432 g/mol. The molecular formula is C23H25N7O2. The van der Waals surface area contributed by atoms with E-state index in [0.717, 1.165) is 53.1 Å². The van der Waals surface area contributed by atoms with Crippen LogP contribution in [0.2, 0.25) is 0 Å². The molecule has 3 aromatic heterocycles. The van der Waals surface area contributed by atoms with Crippen molar-refractivity contribution in [2.24, 2.45) is 0 Å². The zero-order chi connectivity index (χ0) is 22.1. The normalized spacial score (nSPS) is 18.6. The largest absolute Gasteiger partial charge is 0.480 e. The van der Waals surface area contributed by atoms with Gasteiger partial charge in [0.25, 0.3) is 0 Å². The predicted molar refractivity (Wildman–Crippen MR) is 122 cm³/mol. The van der Waals surface area contributed by atoms with Crippen molar-refractivity contribution < 1.29 is 9.53 Å². The molecule has 1 amide bonds. The second kappa shape index (κ2) is 8.41. The number of benzene rings is 1. The molecule has 1 aliphatic carbocycles. The fraction of sp³-hybridized carbons (Fsp3) is 0.348. The van der Waals surface area contributed by atoms with Crippen LogP contribution in [0.5, 0.6) is 5.88 Å². The van der Waals surface area contributed by atoms with Crippen molar-refractivity contribution >= 4 is 33.8 Å². The molecule has 0 spiro atoms. The van der Waals surface area contributed by atoms with Crippen molar-refractivity contribution in [3.63, 3.8) is 0 Å². The Morgan fingerprint density at radius 3 is 2.72 bits per heavy atom. The maximum Gasteiger partial charge on any atom is 0.228 e. The zero-order valence-corrected chi connectivity index (χ0v) is 18.1. The standard InChI is InChI=1S/C23H25N7O2/c1-13(31)26-16-4-6-17(7-5-16)27-23-28-21-20(22(29-23)32-2)18(12-24-21)14-3-8-19-15(11-14)9-10-25-30-19/h3,8-12,16-17H,4-7H2,1-2H3,(H,26,31)(H2,24,27,28,29)/t16-,17+. The van der Waals surface area contributed by atoms with Gasteiger partial charge in [0.15, 0.2) is 0 Å². The lowest BCUT2D eigenvalue weighted by Crippen LogP contribution is -2.39. The third-order valence-electron chi connectivity index (χ3n) is 5.98. The number of carbonyl (C=O) groups excluding carboxylic acids is 1. The Balaban J connectivity index is 1.41. The monoisotopic (exact) mass is 431 g/mol. The Kier molecular flexibility index (Phi) is 5.30. The Morgan fingerprint density at radius 2 is 1.94 bits per heavy atom. The smallest absolute Gasteiger partial charge is 0.228 e. The maximum atomic E-state index is 11.3. The van der Waals surface area contributed by atoms with Crippen LogP contribution in [0.4, 0.5) is 5.95 Å². The minimum absolute atomic E-state index is 0.0295. The molecule has 1 aromatic carbocycles. The van der Waals surface area contributed by atoms with Crippen LogP contribution in [0, 0.1) is 0 Å².